The van der Waals surface area contributed by atoms with Crippen molar-refractivity contribution in [1.29, 1.82) is 0 Å². The van der Waals surface area contributed by atoms with Crippen LogP contribution < -0.4 is 0 Å². The largest absolute Gasteiger partial charge is 0.331 e. The minimum atomic E-state index is -0.442. The highest BCUT2D eigenvalue weighted by molar-refractivity contribution is 5.95. The Bertz CT molecular complexity index is 1120. The molecule has 0 saturated carbocycles. The first-order chi connectivity index (χ1) is 14.8. The predicted octanol–water partition coefficient (Wildman–Crippen LogP) is 6.39. The van der Waals surface area contributed by atoms with E-state index in [1.807, 2.05) is 17.0 Å². The molecule has 160 valence electrons. The fraction of sp³-hybridized carbons (Fsp3) is 0.346. The molecule has 1 amide bonds. The number of benzene rings is 3. The van der Waals surface area contributed by atoms with Gasteiger partial charge in [-0.2, -0.15) is 0 Å². The van der Waals surface area contributed by atoms with Gasteiger partial charge in [0.25, 0.3) is 11.6 Å². The number of likely N-dealkylation sites (tertiary alicyclic amines) is 1. The minimum Gasteiger partial charge on any atom is -0.331 e. The summed E-state index contributed by atoms with van der Waals surface area (Å²) >= 11 is 0. The summed E-state index contributed by atoms with van der Waals surface area (Å²) in [4.78, 5) is 26.1. The number of hydrogen-bond donors (Lipinski definition) is 0. The topological polar surface area (TPSA) is 63.5 Å². The molecule has 0 aliphatic carbocycles. The Labute approximate surface area is 182 Å². The number of nitro benzene ring substituents is 1. The predicted molar refractivity (Wildman–Crippen MR) is 123 cm³/mol. The first-order valence-corrected chi connectivity index (χ1v) is 10.8. The lowest BCUT2D eigenvalue weighted by atomic mass is 9.69. The van der Waals surface area contributed by atoms with Crippen molar-refractivity contribution in [3.8, 4) is 0 Å². The van der Waals surface area contributed by atoms with Gasteiger partial charge in [-0.1, -0.05) is 57.2 Å². The van der Waals surface area contributed by atoms with Crippen molar-refractivity contribution >= 4 is 22.4 Å². The second-order valence-corrected chi connectivity index (χ2v) is 9.47. The van der Waals surface area contributed by atoms with Gasteiger partial charge in [0.05, 0.1) is 11.0 Å². The van der Waals surface area contributed by atoms with E-state index in [4.69, 9.17) is 0 Å². The molecule has 3 aromatic carbocycles. The van der Waals surface area contributed by atoms with Crippen LogP contribution in [-0.4, -0.2) is 22.3 Å². The molecular formula is C26H28N2O3. The Kier molecular flexibility index (Phi) is 5.52. The molecule has 5 nitrogen and oxygen atoms in total. The number of nitro groups is 1. The van der Waals surface area contributed by atoms with E-state index in [9.17, 15) is 14.9 Å². The first-order valence-electron chi connectivity index (χ1n) is 10.8. The molecule has 1 fully saturated rings. The number of rotatable bonds is 3. The Balaban J connectivity index is 1.76. The summed E-state index contributed by atoms with van der Waals surface area (Å²) in [5.74, 6) is 0.242. The fourth-order valence-electron chi connectivity index (χ4n) is 4.83. The van der Waals surface area contributed by atoms with Gasteiger partial charge in [-0.25, -0.2) is 0 Å². The highest BCUT2D eigenvalue weighted by Gasteiger charge is 2.41. The zero-order chi connectivity index (χ0) is 22.2. The molecule has 1 saturated heterocycles. The van der Waals surface area contributed by atoms with Crippen molar-refractivity contribution < 1.29 is 9.72 Å². The van der Waals surface area contributed by atoms with Crippen LogP contribution in [0.1, 0.15) is 55.6 Å². The van der Waals surface area contributed by atoms with E-state index in [-0.39, 0.29) is 23.1 Å². The quantitative estimate of drug-likeness (QED) is 0.367. The van der Waals surface area contributed by atoms with Crippen LogP contribution >= 0.6 is 0 Å². The van der Waals surface area contributed by atoms with Crippen LogP contribution in [0.15, 0.2) is 66.7 Å². The maximum Gasteiger partial charge on any atom is 0.269 e. The Morgan fingerprint density at radius 1 is 1.00 bits per heavy atom. The zero-order valence-electron chi connectivity index (χ0n) is 18.2. The van der Waals surface area contributed by atoms with Gasteiger partial charge in [0.1, 0.15) is 0 Å². The van der Waals surface area contributed by atoms with Crippen molar-refractivity contribution in [3.63, 3.8) is 0 Å². The van der Waals surface area contributed by atoms with Gasteiger partial charge < -0.3 is 4.90 Å². The van der Waals surface area contributed by atoms with Gasteiger partial charge >= 0.3 is 0 Å². The molecule has 0 unspecified atom stereocenters. The molecule has 1 aliphatic rings. The number of non-ortho nitro benzene ring substituents is 1. The Hall–Kier alpha value is -3.21. The van der Waals surface area contributed by atoms with Crippen molar-refractivity contribution in [1.82, 2.24) is 4.90 Å². The van der Waals surface area contributed by atoms with Crippen LogP contribution in [-0.2, 0) is 0 Å². The van der Waals surface area contributed by atoms with Crippen LogP contribution in [0.4, 0.5) is 5.69 Å². The van der Waals surface area contributed by atoms with E-state index in [1.165, 1.54) is 22.9 Å². The zero-order valence-corrected chi connectivity index (χ0v) is 18.2. The molecule has 4 rings (SSSR count). The Morgan fingerprint density at radius 2 is 1.68 bits per heavy atom. The third kappa shape index (κ3) is 4.18. The summed E-state index contributed by atoms with van der Waals surface area (Å²) in [7, 11) is 0. The molecule has 0 N–H and O–H groups in total. The maximum absolute atomic E-state index is 13.6. The minimum absolute atomic E-state index is 0.00570. The third-order valence-electron chi connectivity index (χ3n) is 6.44. The van der Waals surface area contributed by atoms with Crippen LogP contribution in [0.2, 0.25) is 0 Å². The summed E-state index contributed by atoms with van der Waals surface area (Å²) in [5.41, 5.74) is 1.67. The molecule has 3 aromatic rings. The SMILES string of the molecule is CC(C)(C)[C@H]1CCCN(C(=O)c2ccc([N+](=O)[O-])cc2)[C@@H]1c1ccc2ccccc2c1. The Morgan fingerprint density at radius 3 is 2.32 bits per heavy atom. The average Bonchev–Trinajstić information content (AvgIpc) is 2.77. The molecule has 0 bridgehead atoms. The first kappa shape index (κ1) is 21.0. The second-order valence-electron chi connectivity index (χ2n) is 9.47. The highest BCUT2D eigenvalue weighted by atomic mass is 16.6. The lowest BCUT2D eigenvalue weighted by Gasteiger charge is -2.47. The fourth-order valence-corrected chi connectivity index (χ4v) is 4.83. The molecule has 1 heterocycles. The molecule has 0 radical (unpaired) electrons. The van der Waals surface area contributed by atoms with Crippen molar-refractivity contribution in [2.45, 2.75) is 39.7 Å². The number of hydrogen-bond acceptors (Lipinski definition) is 3. The summed E-state index contributed by atoms with van der Waals surface area (Å²) in [6.07, 6.45) is 2.01. The molecule has 0 spiro atoms. The number of carbonyl (C=O) groups excluding carboxylic acids is 1. The van der Waals surface area contributed by atoms with Crippen LogP contribution in [0.25, 0.3) is 10.8 Å². The van der Waals surface area contributed by atoms with E-state index in [2.05, 4.69) is 51.1 Å². The number of carbonyl (C=O) groups is 1. The van der Waals surface area contributed by atoms with Gasteiger partial charge in [-0.3, -0.25) is 14.9 Å². The molecule has 31 heavy (non-hydrogen) atoms. The lowest BCUT2D eigenvalue weighted by Crippen LogP contribution is -2.46. The standard InChI is InChI=1S/C26H28N2O3/c1-26(2,3)23-9-6-16-27(25(29)19-12-14-22(15-13-19)28(30)31)24(23)21-11-10-18-7-4-5-8-20(18)17-21/h4-5,7-8,10-15,17,23-24H,6,9,16H2,1-3H3/t23-,24+/m0/s1. The van der Waals surface area contributed by atoms with Gasteiger partial charge in [-0.15, -0.1) is 0 Å². The van der Waals surface area contributed by atoms with E-state index >= 15 is 0 Å². The average molecular weight is 417 g/mol. The summed E-state index contributed by atoms with van der Waals surface area (Å²) in [6, 6.07) is 20.7. The number of piperidine rings is 1. The van der Waals surface area contributed by atoms with E-state index in [0.717, 1.165) is 18.4 Å². The van der Waals surface area contributed by atoms with Crippen molar-refractivity contribution in [3.05, 3.63) is 88.0 Å². The van der Waals surface area contributed by atoms with Gasteiger partial charge in [-0.05, 0) is 58.7 Å². The normalized spacial score (nSPS) is 19.4. The van der Waals surface area contributed by atoms with Gasteiger partial charge in [0.15, 0.2) is 0 Å². The van der Waals surface area contributed by atoms with Gasteiger partial charge in [0, 0.05) is 24.2 Å². The molecule has 2 atom stereocenters. The summed E-state index contributed by atoms with van der Waals surface area (Å²) in [5, 5.41) is 13.3. The van der Waals surface area contributed by atoms with Crippen LogP contribution in [0.3, 0.4) is 0 Å². The van der Waals surface area contributed by atoms with Crippen LogP contribution in [0, 0.1) is 21.4 Å². The van der Waals surface area contributed by atoms with Crippen LogP contribution in [0.5, 0.6) is 0 Å². The van der Waals surface area contributed by atoms with Crippen molar-refractivity contribution in [2.24, 2.45) is 11.3 Å². The number of amides is 1. The second kappa shape index (κ2) is 8.14. The van der Waals surface area contributed by atoms with E-state index < -0.39 is 4.92 Å². The van der Waals surface area contributed by atoms with Crippen molar-refractivity contribution in [2.75, 3.05) is 6.54 Å². The number of fused-ring (bicyclic) bond motifs is 1. The summed E-state index contributed by atoms with van der Waals surface area (Å²) < 4.78 is 0. The monoisotopic (exact) mass is 416 g/mol. The lowest BCUT2D eigenvalue weighted by molar-refractivity contribution is -0.384. The molecular weight excluding hydrogens is 388 g/mol. The maximum atomic E-state index is 13.6. The molecule has 0 aromatic heterocycles. The highest BCUT2D eigenvalue weighted by Crippen LogP contribution is 2.46. The van der Waals surface area contributed by atoms with E-state index in [0.29, 0.717) is 18.0 Å². The van der Waals surface area contributed by atoms with Gasteiger partial charge in [0.2, 0.25) is 0 Å². The number of nitrogens with zero attached hydrogens (tertiary/aromatic N) is 2. The summed E-state index contributed by atoms with van der Waals surface area (Å²) in [6.45, 7) is 7.41. The van der Waals surface area contributed by atoms with E-state index in [1.54, 1.807) is 12.1 Å². The molecule has 5 heteroatoms. The third-order valence-corrected chi connectivity index (χ3v) is 6.44. The molecule has 1 aliphatic heterocycles. The smallest absolute Gasteiger partial charge is 0.269 e.